The van der Waals surface area contributed by atoms with Crippen LogP contribution in [0.1, 0.15) is 36.8 Å². The molecule has 1 unspecified atom stereocenters. The predicted octanol–water partition coefficient (Wildman–Crippen LogP) is 4.58. The van der Waals surface area contributed by atoms with Gasteiger partial charge in [0, 0.05) is 17.7 Å². The molecular formula is C22H26NO3P. The van der Waals surface area contributed by atoms with Crippen LogP contribution in [0.15, 0.2) is 60.7 Å². The minimum Gasteiger partial charge on any atom is -0.445 e. The quantitative estimate of drug-likeness (QED) is 0.542. The number of aldehydes is 1. The van der Waals surface area contributed by atoms with Crippen LogP contribution in [0, 0.1) is 0 Å². The number of rotatable bonds is 6. The van der Waals surface area contributed by atoms with Crippen molar-refractivity contribution >= 4 is 21.6 Å². The van der Waals surface area contributed by atoms with E-state index < -0.39 is 0 Å². The van der Waals surface area contributed by atoms with Crippen molar-refractivity contribution in [3.05, 3.63) is 71.8 Å². The van der Waals surface area contributed by atoms with Crippen LogP contribution in [-0.2, 0) is 22.7 Å². The Bertz CT molecular complexity index is 743. The molecule has 2 aromatic rings. The van der Waals surface area contributed by atoms with Gasteiger partial charge in [-0.3, -0.25) is 0 Å². The van der Waals surface area contributed by atoms with Crippen LogP contribution >= 0.6 is 9.24 Å². The lowest BCUT2D eigenvalue weighted by molar-refractivity contribution is -0.110. The number of ether oxygens (including phenoxy) is 1. The number of nitrogens with zero attached hydrogens (tertiary/aromatic N) is 1. The van der Waals surface area contributed by atoms with Crippen molar-refractivity contribution in [1.29, 1.82) is 0 Å². The van der Waals surface area contributed by atoms with E-state index >= 15 is 0 Å². The van der Waals surface area contributed by atoms with Gasteiger partial charge < -0.3 is 14.4 Å². The second-order valence-corrected chi connectivity index (χ2v) is 8.39. The van der Waals surface area contributed by atoms with Crippen molar-refractivity contribution in [3.8, 4) is 0 Å². The Morgan fingerprint density at radius 3 is 2.15 bits per heavy atom. The molecular weight excluding hydrogens is 357 g/mol. The molecule has 1 aliphatic carbocycles. The van der Waals surface area contributed by atoms with E-state index in [0.717, 1.165) is 43.1 Å². The van der Waals surface area contributed by atoms with Crippen molar-refractivity contribution in [2.45, 2.75) is 50.0 Å². The summed E-state index contributed by atoms with van der Waals surface area (Å²) in [6, 6.07) is 19.7. The normalized spacial score (nSPS) is 22.0. The Labute approximate surface area is 163 Å². The highest BCUT2D eigenvalue weighted by molar-refractivity contribution is 7.20. The van der Waals surface area contributed by atoms with Crippen LogP contribution in [0.25, 0.3) is 0 Å². The first kappa shape index (κ1) is 19.6. The van der Waals surface area contributed by atoms with E-state index in [1.807, 2.05) is 65.6 Å². The molecule has 1 fully saturated rings. The summed E-state index contributed by atoms with van der Waals surface area (Å²) in [5.41, 5.74) is 2.05. The van der Waals surface area contributed by atoms with Gasteiger partial charge in [-0.25, -0.2) is 4.79 Å². The number of carbonyl (C=O) groups is 2. The van der Waals surface area contributed by atoms with Crippen LogP contribution in [0.4, 0.5) is 4.79 Å². The number of amides is 1. The Morgan fingerprint density at radius 2 is 1.59 bits per heavy atom. The first-order valence-electron chi connectivity index (χ1n) is 9.36. The lowest BCUT2D eigenvalue weighted by Gasteiger charge is -2.38. The fourth-order valence-corrected chi connectivity index (χ4v) is 3.83. The van der Waals surface area contributed by atoms with Gasteiger partial charge >= 0.3 is 6.09 Å². The molecule has 3 rings (SSSR count). The maximum atomic E-state index is 12.9. The fraction of sp³-hybridized carbons (Fsp3) is 0.364. The van der Waals surface area contributed by atoms with Crippen LogP contribution in [0.3, 0.4) is 0 Å². The van der Waals surface area contributed by atoms with Gasteiger partial charge in [-0.05, 0) is 36.8 Å². The molecule has 0 aliphatic heterocycles. The van der Waals surface area contributed by atoms with Crippen LogP contribution in [-0.4, -0.2) is 28.5 Å². The highest BCUT2D eigenvalue weighted by Crippen LogP contribution is 2.36. The van der Waals surface area contributed by atoms with Gasteiger partial charge in [0.1, 0.15) is 12.9 Å². The summed E-state index contributed by atoms with van der Waals surface area (Å²) in [7, 11) is 2.68. The van der Waals surface area contributed by atoms with Gasteiger partial charge in [-0.15, -0.1) is 9.24 Å². The van der Waals surface area contributed by atoms with Gasteiger partial charge in [0.15, 0.2) is 0 Å². The smallest absolute Gasteiger partial charge is 0.410 e. The molecule has 0 bridgehead atoms. The van der Waals surface area contributed by atoms with Crippen molar-refractivity contribution in [2.24, 2.45) is 0 Å². The highest BCUT2D eigenvalue weighted by atomic mass is 31.0. The average molecular weight is 383 g/mol. The van der Waals surface area contributed by atoms with E-state index in [-0.39, 0.29) is 23.9 Å². The number of carbonyl (C=O) groups excluding carboxylic acids is 2. The van der Waals surface area contributed by atoms with Crippen LogP contribution < -0.4 is 0 Å². The summed E-state index contributed by atoms with van der Waals surface area (Å²) in [5, 5.41) is -0.344. The predicted molar refractivity (Wildman–Crippen MR) is 109 cm³/mol. The van der Waals surface area contributed by atoms with Gasteiger partial charge in [0.25, 0.3) is 0 Å². The van der Waals surface area contributed by atoms with Gasteiger partial charge in [0.2, 0.25) is 0 Å². The molecule has 0 heterocycles. The molecule has 2 aromatic carbocycles. The largest absolute Gasteiger partial charge is 0.445 e. The second kappa shape index (κ2) is 9.14. The zero-order valence-electron chi connectivity index (χ0n) is 15.4. The topological polar surface area (TPSA) is 46.6 Å². The van der Waals surface area contributed by atoms with E-state index in [2.05, 4.69) is 9.24 Å². The fourth-order valence-electron chi connectivity index (χ4n) is 3.49. The molecule has 0 N–H and O–H groups in total. The minimum absolute atomic E-state index is 0.0853. The zero-order valence-corrected chi connectivity index (χ0v) is 16.6. The van der Waals surface area contributed by atoms with Crippen LogP contribution in [0.5, 0.6) is 0 Å². The molecule has 1 saturated carbocycles. The van der Waals surface area contributed by atoms with Crippen molar-refractivity contribution < 1.29 is 14.3 Å². The molecule has 0 radical (unpaired) electrons. The first-order valence-corrected chi connectivity index (χ1v) is 9.94. The molecule has 142 valence electrons. The molecule has 4 nitrogen and oxygen atoms in total. The van der Waals surface area contributed by atoms with Gasteiger partial charge in [0.05, 0.1) is 0 Å². The highest BCUT2D eigenvalue weighted by Gasteiger charge is 2.35. The third-order valence-corrected chi connectivity index (χ3v) is 5.91. The Morgan fingerprint density at radius 1 is 1.04 bits per heavy atom. The minimum atomic E-state index is -0.344. The third kappa shape index (κ3) is 5.40. The maximum Gasteiger partial charge on any atom is 0.410 e. The first-order chi connectivity index (χ1) is 13.1. The summed E-state index contributed by atoms with van der Waals surface area (Å²) < 4.78 is 5.61. The monoisotopic (exact) mass is 383 g/mol. The summed E-state index contributed by atoms with van der Waals surface area (Å²) in [6.07, 6.45) is 3.87. The summed E-state index contributed by atoms with van der Waals surface area (Å²) in [6.45, 7) is 0.781. The SMILES string of the molecule is O=CC1(P)CCC(N(Cc2ccccc2)C(=O)OCc2ccccc2)CC1. The van der Waals surface area contributed by atoms with E-state index in [0.29, 0.717) is 6.54 Å². The maximum absolute atomic E-state index is 12.9. The number of benzene rings is 2. The molecule has 27 heavy (non-hydrogen) atoms. The van der Waals surface area contributed by atoms with E-state index in [1.165, 1.54) is 0 Å². The average Bonchev–Trinajstić information content (AvgIpc) is 2.72. The van der Waals surface area contributed by atoms with Crippen molar-refractivity contribution in [2.75, 3.05) is 0 Å². The summed E-state index contributed by atoms with van der Waals surface area (Å²) in [5.74, 6) is 0. The molecule has 1 amide bonds. The number of hydrogen-bond acceptors (Lipinski definition) is 3. The lowest BCUT2D eigenvalue weighted by atomic mass is 9.85. The van der Waals surface area contributed by atoms with Gasteiger partial charge in [-0.1, -0.05) is 60.7 Å². The lowest BCUT2D eigenvalue weighted by Crippen LogP contribution is -2.44. The van der Waals surface area contributed by atoms with Crippen molar-refractivity contribution in [3.63, 3.8) is 0 Å². The molecule has 5 heteroatoms. The molecule has 1 aliphatic rings. The summed E-state index contributed by atoms with van der Waals surface area (Å²) >= 11 is 0. The van der Waals surface area contributed by atoms with E-state index in [1.54, 1.807) is 0 Å². The summed E-state index contributed by atoms with van der Waals surface area (Å²) in [4.78, 5) is 26.0. The Kier molecular flexibility index (Phi) is 6.63. The van der Waals surface area contributed by atoms with Crippen LogP contribution in [0.2, 0.25) is 0 Å². The van der Waals surface area contributed by atoms with E-state index in [9.17, 15) is 9.59 Å². The second-order valence-electron chi connectivity index (χ2n) is 7.24. The van der Waals surface area contributed by atoms with Gasteiger partial charge in [-0.2, -0.15) is 0 Å². The third-order valence-electron chi connectivity index (χ3n) is 5.20. The molecule has 0 aromatic heterocycles. The molecule has 0 saturated heterocycles. The molecule has 0 spiro atoms. The number of hydrogen-bond donors (Lipinski definition) is 0. The Balaban J connectivity index is 1.69. The Hall–Kier alpha value is -2.19. The van der Waals surface area contributed by atoms with Crippen molar-refractivity contribution in [1.82, 2.24) is 4.90 Å². The molecule has 1 atom stereocenters. The van der Waals surface area contributed by atoms with E-state index in [4.69, 9.17) is 4.74 Å². The zero-order chi connectivity index (χ0) is 19.1. The standard InChI is InChI=1S/C22H26NO3P/c24-17-22(27)13-11-20(12-14-22)23(15-18-7-3-1-4-8-18)21(25)26-16-19-9-5-2-6-10-19/h1-10,17,20H,11-16,27H2.